The van der Waals surface area contributed by atoms with E-state index >= 15 is 0 Å². The first kappa shape index (κ1) is 13.2. The van der Waals surface area contributed by atoms with Crippen molar-refractivity contribution in [3.8, 4) is 0 Å². The topological polar surface area (TPSA) is 109 Å². The lowest BCUT2D eigenvalue weighted by Crippen LogP contribution is -2.15. The van der Waals surface area contributed by atoms with Crippen LogP contribution in [0.5, 0.6) is 0 Å². The van der Waals surface area contributed by atoms with Gasteiger partial charge in [0.05, 0.1) is 11.3 Å². The molecule has 0 unspecified atom stereocenters. The molecule has 0 heterocycles. The zero-order chi connectivity index (χ0) is 13.1. The van der Waals surface area contributed by atoms with Crippen LogP contribution in [0.4, 0.5) is 0 Å². The molecule has 0 radical (unpaired) electrons. The molecule has 0 aliphatic rings. The summed E-state index contributed by atoms with van der Waals surface area (Å²) in [4.78, 5) is 20.6. The summed E-state index contributed by atoms with van der Waals surface area (Å²) < 4.78 is 23.0. The highest BCUT2D eigenvalue weighted by Gasteiger charge is 2.18. The number of carboxylic acids is 2. The van der Waals surface area contributed by atoms with Crippen molar-refractivity contribution in [3.05, 3.63) is 29.8 Å². The Morgan fingerprint density at radius 1 is 1.00 bits per heavy atom. The first-order valence-electron chi connectivity index (χ1n) is 4.56. The van der Waals surface area contributed by atoms with E-state index in [2.05, 4.69) is 0 Å². The first-order chi connectivity index (χ1) is 7.81. The largest absolute Gasteiger partial charge is 0.481 e. The van der Waals surface area contributed by atoms with Gasteiger partial charge in [-0.3, -0.25) is 9.59 Å². The second-order valence-electron chi connectivity index (χ2n) is 3.37. The van der Waals surface area contributed by atoms with Gasteiger partial charge in [0.2, 0.25) is 0 Å². The Morgan fingerprint density at radius 2 is 1.53 bits per heavy atom. The number of hydrogen-bond acceptors (Lipinski definition) is 4. The van der Waals surface area contributed by atoms with Crippen LogP contribution >= 0.6 is 0 Å². The molecule has 0 bridgehead atoms. The van der Waals surface area contributed by atoms with E-state index in [4.69, 9.17) is 10.2 Å². The maximum Gasteiger partial charge on any atom is 0.319 e. The van der Waals surface area contributed by atoms with Crippen LogP contribution in [0.1, 0.15) is 5.56 Å². The third kappa shape index (κ3) is 3.87. The van der Waals surface area contributed by atoms with Gasteiger partial charge in [0.15, 0.2) is 15.6 Å². The molecule has 1 aromatic carbocycles. The summed E-state index contributed by atoms with van der Waals surface area (Å²) in [6.45, 7) is 0. The van der Waals surface area contributed by atoms with Crippen LogP contribution in [0.25, 0.3) is 0 Å². The highest BCUT2D eigenvalue weighted by Crippen LogP contribution is 2.12. The minimum absolute atomic E-state index is 0.131. The third-order valence-corrected chi connectivity index (χ3v) is 3.57. The molecule has 0 spiro atoms. The predicted molar refractivity (Wildman–Crippen MR) is 57.5 cm³/mol. The Morgan fingerprint density at radius 3 is 1.94 bits per heavy atom. The van der Waals surface area contributed by atoms with E-state index < -0.39 is 27.5 Å². The van der Waals surface area contributed by atoms with Gasteiger partial charge in [-0.15, -0.1) is 0 Å². The zero-order valence-corrected chi connectivity index (χ0v) is 9.48. The Kier molecular flexibility index (Phi) is 3.84. The molecule has 0 saturated carbocycles. The molecule has 1 aromatic rings. The van der Waals surface area contributed by atoms with E-state index in [0.29, 0.717) is 5.56 Å². The molecule has 2 N–H and O–H groups in total. The van der Waals surface area contributed by atoms with Crippen LogP contribution in [0.2, 0.25) is 0 Å². The summed E-state index contributed by atoms with van der Waals surface area (Å²) in [5.74, 6) is -3.43. The molecule has 0 atom stereocenters. The molecular formula is C10H10O6S. The smallest absolute Gasteiger partial charge is 0.319 e. The molecule has 17 heavy (non-hydrogen) atoms. The second kappa shape index (κ2) is 4.96. The number of sulfone groups is 1. The molecule has 0 saturated heterocycles. The number of benzene rings is 1. The summed E-state index contributed by atoms with van der Waals surface area (Å²) in [6, 6.07) is 5.11. The van der Waals surface area contributed by atoms with E-state index in [1.54, 1.807) is 0 Å². The van der Waals surface area contributed by atoms with E-state index in [1.807, 2.05) is 0 Å². The highest BCUT2D eigenvalue weighted by molar-refractivity contribution is 7.92. The Bertz CT molecular complexity index is 528. The average Bonchev–Trinajstić information content (AvgIpc) is 2.15. The molecule has 6 nitrogen and oxygen atoms in total. The minimum Gasteiger partial charge on any atom is -0.481 e. The number of rotatable bonds is 5. The minimum atomic E-state index is -3.85. The predicted octanol–water partition coefficient (Wildman–Crippen LogP) is 0.172. The Labute approximate surface area is 97.4 Å². The lowest BCUT2D eigenvalue weighted by molar-refractivity contribution is -0.136. The van der Waals surface area contributed by atoms with Gasteiger partial charge in [0.1, 0.15) is 0 Å². The van der Waals surface area contributed by atoms with Crippen LogP contribution in [0, 0.1) is 0 Å². The molecule has 0 aliphatic heterocycles. The van der Waals surface area contributed by atoms with Crippen molar-refractivity contribution in [2.45, 2.75) is 11.3 Å². The van der Waals surface area contributed by atoms with E-state index in [0.717, 1.165) is 0 Å². The monoisotopic (exact) mass is 258 g/mol. The lowest BCUT2D eigenvalue weighted by atomic mass is 10.2. The van der Waals surface area contributed by atoms with Crippen LogP contribution < -0.4 is 0 Å². The number of carbonyl (C=O) groups is 2. The molecule has 92 valence electrons. The van der Waals surface area contributed by atoms with Gasteiger partial charge in [-0.2, -0.15) is 0 Å². The van der Waals surface area contributed by atoms with Crippen molar-refractivity contribution in [1.29, 1.82) is 0 Å². The zero-order valence-electron chi connectivity index (χ0n) is 8.66. The molecule has 1 rings (SSSR count). The van der Waals surface area contributed by atoms with E-state index in [9.17, 15) is 18.0 Å². The third-order valence-electron chi connectivity index (χ3n) is 1.95. The van der Waals surface area contributed by atoms with E-state index in [1.165, 1.54) is 24.3 Å². The normalized spacial score (nSPS) is 11.1. The summed E-state index contributed by atoms with van der Waals surface area (Å²) in [7, 11) is -3.85. The van der Waals surface area contributed by atoms with E-state index in [-0.39, 0.29) is 11.3 Å². The molecular weight excluding hydrogens is 248 g/mol. The Hall–Kier alpha value is -1.89. The number of aliphatic carboxylic acids is 2. The average molecular weight is 258 g/mol. The van der Waals surface area contributed by atoms with Crippen LogP contribution in [-0.2, 0) is 25.8 Å². The SMILES string of the molecule is O=C(O)Cc1ccc(S(=O)(=O)CC(=O)O)cc1. The summed E-state index contributed by atoms with van der Waals surface area (Å²) >= 11 is 0. The molecule has 0 aromatic heterocycles. The quantitative estimate of drug-likeness (QED) is 0.779. The fourth-order valence-electron chi connectivity index (χ4n) is 1.24. The maximum atomic E-state index is 11.5. The van der Waals surface area contributed by atoms with Crippen molar-refractivity contribution >= 4 is 21.8 Å². The van der Waals surface area contributed by atoms with Crippen LogP contribution in [-0.4, -0.2) is 36.3 Å². The first-order valence-corrected chi connectivity index (χ1v) is 6.22. The highest BCUT2D eigenvalue weighted by atomic mass is 32.2. The molecule has 0 aliphatic carbocycles. The van der Waals surface area contributed by atoms with Gasteiger partial charge < -0.3 is 10.2 Å². The van der Waals surface area contributed by atoms with Gasteiger partial charge in [-0.05, 0) is 17.7 Å². The second-order valence-corrected chi connectivity index (χ2v) is 5.36. The molecule has 0 amide bonds. The summed E-state index contributed by atoms with van der Waals surface area (Å²) in [5, 5.41) is 16.9. The Balaban J connectivity index is 2.94. The number of carboxylic acid groups (broad SMARTS) is 2. The van der Waals surface area contributed by atoms with Gasteiger partial charge in [0.25, 0.3) is 0 Å². The molecule has 7 heteroatoms. The maximum absolute atomic E-state index is 11.5. The number of hydrogen-bond donors (Lipinski definition) is 2. The van der Waals surface area contributed by atoms with Gasteiger partial charge in [-0.1, -0.05) is 12.1 Å². The van der Waals surface area contributed by atoms with Crippen LogP contribution in [0.15, 0.2) is 29.2 Å². The van der Waals surface area contributed by atoms with Crippen molar-refractivity contribution < 1.29 is 28.2 Å². The standard InChI is InChI=1S/C10H10O6S/c11-9(12)5-7-1-3-8(4-2-7)17(15,16)6-10(13)14/h1-4H,5-6H2,(H,11,12)(H,13,14). The van der Waals surface area contributed by atoms with Crippen LogP contribution in [0.3, 0.4) is 0 Å². The van der Waals surface area contributed by atoms with Gasteiger partial charge in [0, 0.05) is 0 Å². The fourth-order valence-corrected chi connectivity index (χ4v) is 2.28. The summed E-state index contributed by atoms with van der Waals surface area (Å²) in [6.07, 6.45) is -0.209. The van der Waals surface area contributed by atoms with Crippen molar-refractivity contribution in [2.75, 3.05) is 5.75 Å². The van der Waals surface area contributed by atoms with Gasteiger partial charge in [-0.25, -0.2) is 8.42 Å². The summed E-state index contributed by atoms with van der Waals surface area (Å²) in [5.41, 5.74) is 0.451. The van der Waals surface area contributed by atoms with Crippen molar-refractivity contribution in [2.24, 2.45) is 0 Å². The molecule has 0 fully saturated rings. The van der Waals surface area contributed by atoms with Crippen molar-refractivity contribution in [1.82, 2.24) is 0 Å². The van der Waals surface area contributed by atoms with Crippen molar-refractivity contribution in [3.63, 3.8) is 0 Å². The van der Waals surface area contributed by atoms with Gasteiger partial charge >= 0.3 is 11.9 Å². The fraction of sp³-hybridized carbons (Fsp3) is 0.200. The lowest BCUT2D eigenvalue weighted by Gasteiger charge is -2.02.